The summed E-state index contributed by atoms with van der Waals surface area (Å²) in [4.78, 5) is 0. The molecule has 0 spiro atoms. The van der Waals surface area contributed by atoms with Gasteiger partial charge in [-0.2, -0.15) is 0 Å². The van der Waals surface area contributed by atoms with Gasteiger partial charge < -0.3 is 4.42 Å². The number of rotatable bonds is 0. The van der Waals surface area contributed by atoms with Crippen molar-refractivity contribution >= 4 is 22.6 Å². The molecule has 0 bridgehead atoms. The van der Waals surface area contributed by atoms with Gasteiger partial charge in [0.1, 0.15) is 6.95 Å². The van der Waals surface area contributed by atoms with E-state index in [4.69, 9.17) is 17.4 Å². The molecule has 0 aliphatic rings. The smallest absolute Gasteiger partial charge is 0.133 e. The molecule has 0 aliphatic carbocycles. The topological polar surface area (TPSA) is 13.1 Å². The van der Waals surface area contributed by atoms with Crippen molar-refractivity contribution < 1.29 is 5.79 Å². The molecule has 0 radical (unpaired) electrons. The summed E-state index contributed by atoms with van der Waals surface area (Å²) >= 11 is 5.73. The quantitative estimate of drug-likeness (QED) is 0.567. The van der Waals surface area contributed by atoms with Crippen LogP contribution in [0.1, 0.15) is 1.37 Å². The van der Waals surface area contributed by atoms with Crippen LogP contribution in [0, 0.1) is 0 Å². The van der Waals surface area contributed by atoms with Crippen LogP contribution >= 0.6 is 11.6 Å². The molecule has 50 valence electrons. The van der Waals surface area contributed by atoms with E-state index in [0.29, 0.717) is 10.6 Å². The highest BCUT2D eigenvalue weighted by atomic mass is 35.5. The lowest BCUT2D eigenvalue weighted by atomic mass is 10.3. The Balaban J connectivity index is 2.82. The maximum absolute atomic E-state index is 7.18. The monoisotopic (exact) mass is 153 g/mol. The van der Waals surface area contributed by atoms with Crippen molar-refractivity contribution in [1.29, 1.82) is 0 Å². The van der Waals surface area contributed by atoms with Crippen LogP contribution < -0.4 is 0 Å². The lowest BCUT2D eigenvalue weighted by Gasteiger charge is -1.87. The molecule has 0 unspecified atom stereocenters. The average Bonchev–Trinajstić information content (AvgIpc) is 2.27. The molecule has 2 aromatic rings. The van der Waals surface area contributed by atoms with Crippen LogP contribution in [0.5, 0.6) is 0 Å². The van der Waals surface area contributed by atoms with Crippen LogP contribution in [0.2, 0.25) is 5.02 Å². The zero-order valence-corrected chi connectivity index (χ0v) is 5.85. The Labute approximate surface area is 64.6 Å². The molecule has 1 nitrogen and oxygen atoms in total. The molecule has 1 aromatic carbocycles. The Bertz CT molecular complexity index is 394. The number of hydrogen-bond donors (Lipinski definition) is 0. The van der Waals surface area contributed by atoms with E-state index in [-0.39, 0.29) is 6.24 Å². The summed E-state index contributed by atoms with van der Waals surface area (Å²) in [6.45, 7) is 0. The van der Waals surface area contributed by atoms with Crippen LogP contribution in [0.3, 0.4) is 0 Å². The van der Waals surface area contributed by atoms with E-state index < -0.39 is 0 Å². The van der Waals surface area contributed by atoms with Gasteiger partial charge in [-0.25, -0.2) is 0 Å². The van der Waals surface area contributed by atoms with E-state index in [0.717, 1.165) is 5.39 Å². The Morgan fingerprint density at radius 3 is 3.20 bits per heavy atom. The van der Waals surface area contributed by atoms with Crippen molar-refractivity contribution in [3.05, 3.63) is 35.5 Å². The van der Waals surface area contributed by atoms with E-state index in [1.165, 1.54) is 0 Å². The molecule has 2 rings (SSSR count). The van der Waals surface area contributed by atoms with Crippen molar-refractivity contribution in [3.63, 3.8) is 0 Å². The van der Waals surface area contributed by atoms with Gasteiger partial charge in [-0.1, -0.05) is 11.6 Å². The minimum absolute atomic E-state index is 0.169. The Kier molecular flexibility index (Phi) is 0.974. The molecule has 0 saturated heterocycles. The fourth-order valence-corrected chi connectivity index (χ4v) is 1.06. The van der Waals surface area contributed by atoms with Crippen molar-refractivity contribution in [2.45, 2.75) is 0 Å². The zero-order chi connectivity index (χ0) is 7.84. The summed E-state index contributed by atoms with van der Waals surface area (Å²) in [6, 6.07) is 6.92. The molecule has 2 heteroatoms. The summed E-state index contributed by atoms with van der Waals surface area (Å²) in [5.74, 6) is 0. The minimum atomic E-state index is 0.169. The molecule has 0 N–H and O–H groups in total. The zero-order valence-electron chi connectivity index (χ0n) is 6.10. The second kappa shape index (κ2) is 2.03. The number of benzene rings is 1. The molecular weight excluding hydrogens is 148 g/mol. The van der Waals surface area contributed by atoms with Crippen molar-refractivity contribution in [2.75, 3.05) is 0 Å². The molecule has 1 heterocycles. The lowest BCUT2D eigenvalue weighted by molar-refractivity contribution is 0.616. The highest BCUT2D eigenvalue weighted by Gasteiger charge is 1.94. The largest absolute Gasteiger partial charge is 0.464 e. The molecule has 0 aliphatic heterocycles. The Morgan fingerprint density at radius 2 is 2.30 bits per heavy atom. The van der Waals surface area contributed by atoms with Gasteiger partial charge in [0.15, 0.2) is 0 Å². The Hall–Kier alpha value is -0.950. The third-order valence-corrected chi connectivity index (χ3v) is 1.59. The summed E-state index contributed by atoms with van der Waals surface area (Å²) in [6.07, 6.45) is 0.169. The van der Waals surface area contributed by atoms with Crippen LogP contribution in [-0.2, 0) is 0 Å². The summed E-state index contributed by atoms with van der Waals surface area (Å²) in [7, 11) is 0. The minimum Gasteiger partial charge on any atom is -0.464 e. The third kappa shape index (κ3) is 0.792. The van der Waals surface area contributed by atoms with E-state index in [1.807, 2.05) is 0 Å². The van der Waals surface area contributed by atoms with Crippen LogP contribution in [0.4, 0.5) is 0 Å². The molecule has 0 saturated carbocycles. The van der Waals surface area contributed by atoms with Gasteiger partial charge in [0.25, 0.3) is 0 Å². The van der Waals surface area contributed by atoms with Crippen LogP contribution in [0.25, 0.3) is 11.0 Å². The predicted molar refractivity (Wildman–Crippen MR) is 41.2 cm³/mol. The van der Waals surface area contributed by atoms with Gasteiger partial charge in [0.2, 0.25) is 0 Å². The second-order valence-corrected chi connectivity index (χ2v) is 2.48. The highest BCUT2D eigenvalue weighted by molar-refractivity contribution is 6.31. The molecule has 1 aromatic heterocycles. The third-order valence-electron chi connectivity index (χ3n) is 1.36. The standard InChI is InChI=1S/C8H5ClO/c9-7-1-2-8-6(5-7)3-4-10-8/h1-5H/i4D. The first kappa shape index (κ1) is 4.80. The number of halogens is 1. The van der Waals surface area contributed by atoms with Crippen molar-refractivity contribution in [3.8, 4) is 0 Å². The maximum Gasteiger partial charge on any atom is 0.133 e. The van der Waals surface area contributed by atoms with Gasteiger partial charge in [0.05, 0.1) is 6.24 Å². The molecule has 10 heavy (non-hydrogen) atoms. The summed E-state index contributed by atoms with van der Waals surface area (Å²) in [5.41, 5.74) is 0.708. The fraction of sp³-hybridized carbons (Fsp3) is 0. The molecule has 0 atom stereocenters. The number of furan rings is 1. The molecule has 0 fully saturated rings. The number of hydrogen-bond acceptors (Lipinski definition) is 1. The number of fused-ring (bicyclic) bond motifs is 1. The predicted octanol–water partition coefficient (Wildman–Crippen LogP) is 3.09. The maximum atomic E-state index is 7.18. The fourth-order valence-electron chi connectivity index (χ4n) is 0.881. The second-order valence-electron chi connectivity index (χ2n) is 2.05. The van der Waals surface area contributed by atoms with E-state index in [1.54, 1.807) is 24.3 Å². The normalized spacial score (nSPS) is 11.9. The van der Waals surface area contributed by atoms with Crippen LogP contribution in [0.15, 0.2) is 34.9 Å². The highest BCUT2D eigenvalue weighted by Crippen LogP contribution is 2.19. The van der Waals surface area contributed by atoms with Crippen LogP contribution in [-0.4, -0.2) is 0 Å². The van der Waals surface area contributed by atoms with Gasteiger partial charge in [-0.15, -0.1) is 0 Å². The summed E-state index contributed by atoms with van der Waals surface area (Å²) in [5, 5.41) is 1.54. The average molecular weight is 154 g/mol. The molecule has 0 amide bonds. The summed E-state index contributed by atoms with van der Waals surface area (Å²) < 4.78 is 12.2. The van der Waals surface area contributed by atoms with Crippen molar-refractivity contribution in [1.82, 2.24) is 0 Å². The van der Waals surface area contributed by atoms with Gasteiger partial charge >= 0.3 is 0 Å². The first-order chi connectivity index (χ1) is 5.25. The van der Waals surface area contributed by atoms with E-state index >= 15 is 0 Å². The SMILES string of the molecule is [2H]c1cc2cc(Cl)ccc2o1. The lowest BCUT2D eigenvalue weighted by Crippen LogP contribution is -1.62. The first-order valence-electron chi connectivity index (χ1n) is 3.41. The van der Waals surface area contributed by atoms with Crippen molar-refractivity contribution in [2.24, 2.45) is 0 Å². The van der Waals surface area contributed by atoms with Gasteiger partial charge in [-0.3, -0.25) is 0 Å². The Morgan fingerprint density at radius 1 is 1.40 bits per heavy atom. The molecular formula is C8H5ClO. The van der Waals surface area contributed by atoms with E-state index in [2.05, 4.69) is 0 Å². The van der Waals surface area contributed by atoms with Gasteiger partial charge in [0, 0.05) is 10.4 Å². The van der Waals surface area contributed by atoms with E-state index in [9.17, 15) is 0 Å². The van der Waals surface area contributed by atoms with Gasteiger partial charge in [-0.05, 0) is 24.3 Å². The first-order valence-corrected chi connectivity index (χ1v) is 3.29.